The minimum Gasteiger partial charge on any atom is -0.342 e. The van der Waals surface area contributed by atoms with E-state index in [1.165, 1.54) is 0 Å². The van der Waals surface area contributed by atoms with Crippen molar-refractivity contribution in [3.63, 3.8) is 0 Å². The second kappa shape index (κ2) is 4.85. The molecule has 2 nitrogen and oxygen atoms in total. The first kappa shape index (κ1) is 10.8. The molecule has 0 aliphatic carbocycles. The summed E-state index contributed by atoms with van der Waals surface area (Å²) in [5.41, 5.74) is 0. The first-order chi connectivity index (χ1) is 6.13. The lowest BCUT2D eigenvalue weighted by Crippen LogP contribution is -2.27. The number of nitrogens with zero attached hydrogens (tertiary/aromatic N) is 1. The van der Waals surface area contributed by atoms with Crippen LogP contribution in [0.3, 0.4) is 0 Å². The molecule has 0 saturated carbocycles. The first-order valence-corrected chi connectivity index (χ1v) is 5.50. The molecule has 1 heterocycles. The highest BCUT2D eigenvalue weighted by Crippen LogP contribution is 2.19. The molecule has 13 heavy (non-hydrogen) atoms. The number of alkyl halides is 1. The summed E-state index contributed by atoms with van der Waals surface area (Å²) in [4.78, 5) is 13.4. The summed E-state index contributed by atoms with van der Waals surface area (Å²) in [5, 5.41) is 0. The molecule has 1 fully saturated rings. The number of hydrogen-bond donors (Lipinski definition) is 0. The van der Waals surface area contributed by atoms with Crippen molar-refractivity contribution in [2.75, 3.05) is 19.0 Å². The van der Waals surface area contributed by atoms with Crippen LogP contribution < -0.4 is 0 Å². The maximum atomic E-state index is 11.4. The Morgan fingerprint density at radius 2 is 2.31 bits per heavy atom. The Hall–Kier alpha value is -0.240. The number of carbonyl (C=O) groups is 1. The van der Waals surface area contributed by atoms with Crippen LogP contribution in [0.4, 0.5) is 0 Å². The van der Waals surface area contributed by atoms with E-state index >= 15 is 0 Å². The Balaban J connectivity index is 2.31. The van der Waals surface area contributed by atoms with E-state index < -0.39 is 0 Å². The zero-order valence-corrected chi connectivity index (χ0v) is 9.18. The van der Waals surface area contributed by atoms with Gasteiger partial charge in [0, 0.05) is 25.4 Å². The SMILES string of the molecule is CC(C)CCN1CC(CCl)CC1=O. The highest BCUT2D eigenvalue weighted by molar-refractivity contribution is 6.18. The molecule has 0 radical (unpaired) electrons. The average molecular weight is 204 g/mol. The van der Waals surface area contributed by atoms with Gasteiger partial charge in [-0.05, 0) is 18.3 Å². The van der Waals surface area contributed by atoms with Crippen molar-refractivity contribution in [1.82, 2.24) is 4.90 Å². The van der Waals surface area contributed by atoms with Gasteiger partial charge in [-0.3, -0.25) is 4.79 Å². The molecule has 1 aliphatic heterocycles. The molecule has 0 aromatic heterocycles. The van der Waals surface area contributed by atoms with Crippen LogP contribution in [-0.2, 0) is 4.79 Å². The van der Waals surface area contributed by atoms with E-state index in [1.807, 2.05) is 4.90 Å². The average Bonchev–Trinajstić information content (AvgIpc) is 2.43. The van der Waals surface area contributed by atoms with Crippen LogP contribution in [0.15, 0.2) is 0 Å². The number of hydrogen-bond acceptors (Lipinski definition) is 1. The van der Waals surface area contributed by atoms with E-state index in [2.05, 4.69) is 13.8 Å². The summed E-state index contributed by atoms with van der Waals surface area (Å²) in [6.45, 7) is 6.14. The number of carbonyl (C=O) groups excluding carboxylic acids is 1. The molecule has 1 aliphatic rings. The molecule has 1 atom stereocenters. The molecule has 0 aromatic carbocycles. The van der Waals surface area contributed by atoms with Gasteiger partial charge in [0.15, 0.2) is 0 Å². The van der Waals surface area contributed by atoms with Crippen LogP contribution in [0.25, 0.3) is 0 Å². The third-order valence-corrected chi connectivity index (χ3v) is 2.93. The number of halogens is 1. The Kier molecular flexibility index (Phi) is 4.04. The van der Waals surface area contributed by atoms with Gasteiger partial charge in [-0.1, -0.05) is 13.8 Å². The standard InChI is InChI=1S/C10H18ClNO/c1-8(2)3-4-12-7-9(6-11)5-10(12)13/h8-9H,3-7H2,1-2H3. The fourth-order valence-electron chi connectivity index (χ4n) is 1.59. The number of likely N-dealkylation sites (tertiary alicyclic amines) is 1. The molecule has 1 unspecified atom stereocenters. The topological polar surface area (TPSA) is 20.3 Å². The Labute approximate surface area is 85.2 Å². The highest BCUT2D eigenvalue weighted by atomic mass is 35.5. The number of rotatable bonds is 4. The summed E-state index contributed by atoms with van der Waals surface area (Å²) in [6.07, 6.45) is 1.75. The van der Waals surface area contributed by atoms with Crippen LogP contribution in [0, 0.1) is 11.8 Å². The third kappa shape index (κ3) is 3.18. The molecule has 1 rings (SSSR count). The Morgan fingerprint density at radius 3 is 2.77 bits per heavy atom. The van der Waals surface area contributed by atoms with Crippen molar-refractivity contribution in [2.24, 2.45) is 11.8 Å². The normalized spacial score (nSPS) is 23.2. The van der Waals surface area contributed by atoms with E-state index in [9.17, 15) is 4.79 Å². The fourth-order valence-corrected chi connectivity index (χ4v) is 1.79. The van der Waals surface area contributed by atoms with Gasteiger partial charge >= 0.3 is 0 Å². The van der Waals surface area contributed by atoms with Crippen LogP contribution in [0.2, 0.25) is 0 Å². The molecule has 0 spiro atoms. The van der Waals surface area contributed by atoms with E-state index in [1.54, 1.807) is 0 Å². The van der Waals surface area contributed by atoms with Gasteiger partial charge in [0.2, 0.25) is 5.91 Å². The van der Waals surface area contributed by atoms with Gasteiger partial charge in [-0.15, -0.1) is 11.6 Å². The molecular formula is C10H18ClNO. The van der Waals surface area contributed by atoms with Crippen molar-refractivity contribution >= 4 is 17.5 Å². The summed E-state index contributed by atoms with van der Waals surface area (Å²) in [6, 6.07) is 0. The maximum absolute atomic E-state index is 11.4. The van der Waals surface area contributed by atoms with Crippen molar-refractivity contribution in [3.05, 3.63) is 0 Å². The van der Waals surface area contributed by atoms with Crippen molar-refractivity contribution < 1.29 is 4.79 Å². The van der Waals surface area contributed by atoms with Crippen LogP contribution in [-0.4, -0.2) is 29.8 Å². The second-order valence-electron chi connectivity index (χ2n) is 4.25. The molecular weight excluding hydrogens is 186 g/mol. The third-order valence-electron chi connectivity index (χ3n) is 2.49. The molecule has 76 valence electrons. The second-order valence-corrected chi connectivity index (χ2v) is 4.56. The smallest absolute Gasteiger partial charge is 0.222 e. The van der Waals surface area contributed by atoms with Gasteiger partial charge in [0.25, 0.3) is 0 Å². The summed E-state index contributed by atoms with van der Waals surface area (Å²) in [5.74, 6) is 1.96. The zero-order valence-electron chi connectivity index (χ0n) is 8.42. The van der Waals surface area contributed by atoms with Crippen molar-refractivity contribution in [2.45, 2.75) is 26.7 Å². The van der Waals surface area contributed by atoms with Crippen molar-refractivity contribution in [1.29, 1.82) is 0 Å². The fraction of sp³-hybridized carbons (Fsp3) is 0.900. The van der Waals surface area contributed by atoms with Crippen LogP contribution in [0.1, 0.15) is 26.7 Å². The van der Waals surface area contributed by atoms with Gasteiger partial charge in [0.1, 0.15) is 0 Å². The predicted octanol–water partition coefficient (Wildman–Crippen LogP) is 2.12. The largest absolute Gasteiger partial charge is 0.342 e. The highest BCUT2D eigenvalue weighted by Gasteiger charge is 2.28. The van der Waals surface area contributed by atoms with E-state index in [0.717, 1.165) is 19.5 Å². The van der Waals surface area contributed by atoms with Crippen LogP contribution >= 0.6 is 11.6 Å². The Morgan fingerprint density at radius 1 is 1.62 bits per heavy atom. The number of amides is 1. The van der Waals surface area contributed by atoms with Gasteiger partial charge in [0.05, 0.1) is 0 Å². The molecule has 0 aromatic rings. The van der Waals surface area contributed by atoms with Crippen LogP contribution in [0.5, 0.6) is 0 Å². The van der Waals surface area contributed by atoms with Gasteiger partial charge in [-0.2, -0.15) is 0 Å². The molecule has 3 heteroatoms. The minimum absolute atomic E-state index is 0.284. The first-order valence-electron chi connectivity index (χ1n) is 4.97. The lowest BCUT2D eigenvalue weighted by molar-refractivity contribution is -0.127. The Bertz CT molecular complexity index is 182. The van der Waals surface area contributed by atoms with E-state index in [0.29, 0.717) is 24.1 Å². The summed E-state index contributed by atoms with van der Waals surface area (Å²) < 4.78 is 0. The molecule has 1 amide bonds. The molecule has 0 bridgehead atoms. The van der Waals surface area contributed by atoms with Crippen molar-refractivity contribution in [3.8, 4) is 0 Å². The van der Waals surface area contributed by atoms with Gasteiger partial charge in [-0.25, -0.2) is 0 Å². The minimum atomic E-state index is 0.284. The lowest BCUT2D eigenvalue weighted by atomic mass is 10.1. The van der Waals surface area contributed by atoms with E-state index in [4.69, 9.17) is 11.6 Å². The molecule has 0 N–H and O–H groups in total. The quantitative estimate of drug-likeness (QED) is 0.641. The van der Waals surface area contributed by atoms with Gasteiger partial charge < -0.3 is 4.90 Å². The zero-order chi connectivity index (χ0) is 9.84. The molecule has 1 saturated heterocycles. The summed E-state index contributed by atoms with van der Waals surface area (Å²) in [7, 11) is 0. The summed E-state index contributed by atoms with van der Waals surface area (Å²) >= 11 is 5.72. The van der Waals surface area contributed by atoms with E-state index in [-0.39, 0.29) is 5.91 Å². The monoisotopic (exact) mass is 203 g/mol. The lowest BCUT2D eigenvalue weighted by Gasteiger charge is -2.17. The maximum Gasteiger partial charge on any atom is 0.222 e. The predicted molar refractivity (Wildman–Crippen MR) is 54.9 cm³/mol.